The van der Waals surface area contributed by atoms with E-state index in [0.717, 1.165) is 11.1 Å². The van der Waals surface area contributed by atoms with Crippen LogP contribution in [0.1, 0.15) is 17.5 Å². The Morgan fingerprint density at radius 1 is 1.21 bits per heavy atom. The standard InChI is InChI=1S/C20H21Cl2NO4S/c1-14-9-18(5-6-19(14)22)27-12-20(24)23(17-7-8-28(25,26)13-17)11-15-3-2-4-16(21)10-15/h2-6,9-10,17H,7-8,11-13H2,1H3/t17-/m0/s1. The molecule has 28 heavy (non-hydrogen) atoms. The highest BCUT2D eigenvalue weighted by Gasteiger charge is 2.34. The molecule has 1 heterocycles. The molecule has 0 spiro atoms. The molecule has 5 nitrogen and oxygen atoms in total. The fourth-order valence-corrected chi connectivity index (χ4v) is 5.27. The molecule has 1 aliphatic rings. The van der Waals surface area contributed by atoms with E-state index in [0.29, 0.717) is 22.2 Å². The number of halogens is 2. The molecule has 1 aliphatic heterocycles. The zero-order valence-electron chi connectivity index (χ0n) is 15.4. The van der Waals surface area contributed by atoms with Gasteiger partial charge in [-0.05, 0) is 54.8 Å². The van der Waals surface area contributed by atoms with Crippen LogP contribution in [-0.4, -0.2) is 43.4 Å². The van der Waals surface area contributed by atoms with Gasteiger partial charge in [0.1, 0.15) is 5.75 Å². The van der Waals surface area contributed by atoms with E-state index in [1.165, 1.54) is 0 Å². The minimum absolute atomic E-state index is 0.0284. The summed E-state index contributed by atoms with van der Waals surface area (Å²) in [5.74, 6) is 0.333. The van der Waals surface area contributed by atoms with Crippen LogP contribution < -0.4 is 4.74 Å². The smallest absolute Gasteiger partial charge is 0.261 e. The summed E-state index contributed by atoms with van der Waals surface area (Å²) >= 11 is 12.1. The first-order valence-corrected chi connectivity index (χ1v) is 11.4. The Labute approximate surface area is 175 Å². The molecule has 0 N–H and O–H groups in total. The maximum absolute atomic E-state index is 12.9. The van der Waals surface area contributed by atoms with Crippen molar-refractivity contribution in [3.8, 4) is 5.75 Å². The molecule has 0 saturated carbocycles. The number of rotatable bonds is 6. The Kier molecular flexibility index (Phi) is 6.53. The minimum atomic E-state index is -3.13. The van der Waals surface area contributed by atoms with Gasteiger partial charge in [0.05, 0.1) is 11.5 Å². The van der Waals surface area contributed by atoms with Crippen LogP contribution in [0.5, 0.6) is 5.75 Å². The number of nitrogens with zero attached hydrogens (tertiary/aromatic N) is 1. The van der Waals surface area contributed by atoms with Crippen LogP contribution in [0.15, 0.2) is 42.5 Å². The summed E-state index contributed by atoms with van der Waals surface area (Å²) in [4.78, 5) is 14.5. The van der Waals surface area contributed by atoms with Crippen LogP contribution in [0.2, 0.25) is 10.0 Å². The topological polar surface area (TPSA) is 63.7 Å². The van der Waals surface area contributed by atoms with E-state index < -0.39 is 9.84 Å². The van der Waals surface area contributed by atoms with Crippen molar-refractivity contribution in [3.63, 3.8) is 0 Å². The minimum Gasteiger partial charge on any atom is -0.484 e. The molecule has 1 saturated heterocycles. The third-order valence-corrected chi connectivity index (χ3v) is 7.11. The summed E-state index contributed by atoms with van der Waals surface area (Å²) in [7, 11) is -3.13. The molecular formula is C20H21Cl2NO4S. The number of carbonyl (C=O) groups is 1. The molecule has 2 aromatic carbocycles. The summed E-state index contributed by atoms with van der Waals surface area (Å²) in [6.07, 6.45) is 0.425. The zero-order valence-corrected chi connectivity index (χ0v) is 17.7. The van der Waals surface area contributed by atoms with E-state index in [-0.39, 0.29) is 36.6 Å². The van der Waals surface area contributed by atoms with Gasteiger partial charge in [-0.3, -0.25) is 4.79 Å². The lowest BCUT2D eigenvalue weighted by atomic mass is 10.1. The number of benzene rings is 2. The normalized spacial score (nSPS) is 18.0. The second kappa shape index (κ2) is 8.72. The van der Waals surface area contributed by atoms with E-state index in [2.05, 4.69) is 0 Å². The lowest BCUT2D eigenvalue weighted by Crippen LogP contribution is -2.43. The second-order valence-electron chi connectivity index (χ2n) is 6.91. The first-order valence-electron chi connectivity index (χ1n) is 8.87. The predicted molar refractivity (Wildman–Crippen MR) is 111 cm³/mol. The summed E-state index contributed by atoms with van der Waals surface area (Å²) in [5.41, 5.74) is 1.69. The van der Waals surface area contributed by atoms with Gasteiger partial charge < -0.3 is 9.64 Å². The molecule has 0 radical (unpaired) electrons. The maximum atomic E-state index is 12.9. The van der Waals surface area contributed by atoms with Crippen molar-refractivity contribution in [1.82, 2.24) is 4.90 Å². The van der Waals surface area contributed by atoms with Crippen molar-refractivity contribution >= 4 is 38.9 Å². The number of aryl methyl sites for hydroxylation is 1. The molecule has 0 aliphatic carbocycles. The molecule has 8 heteroatoms. The van der Waals surface area contributed by atoms with Gasteiger partial charge in [-0.2, -0.15) is 0 Å². The predicted octanol–water partition coefficient (Wildman–Crippen LogP) is 3.90. The number of hydrogen-bond acceptors (Lipinski definition) is 4. The molecule has 3 rings (SSSR count). The number of ether oxygens (including phenoxy) is 1. The molecule has 1 fully saturated rings. The first-order chi connectivity index (χ1) is 13.2. The number of sulfone groups is 1. The van der Waals surface area contributed by atoms with Crippen molar-refractivity contribution in [2.45, 2.75) is 25.9 Å². The van der Waals surface area contributed by atoms with Crippen LogP contribution in [-0.2, 0) is 21.2 Å². The Morgan fingerprint density at radius 3 is 2.64 bits per heavy atom. The van der Waals surface area contributed by atoms with Gasteiger partial charge in [0.25, 0.3) is 5.91 Å². The van der Waals surface area contributed by atoms with E-state index >= 15 is 0 Å². The molecule has 0 bridgehead atoms. The van der Waals surface area contributed by atoms with Crippen molar-refractivity contribution < 1.29 is 17.9 Å². The van der Waals surface area contributed by atoms with Crippen molar-refractivity contribution in [3.05, 3.63) is 63.6 Å². The lowest BCUT2D eigenvalue weighted by Gasteiger charge is -2.28. The summed E-state index contributed by atoms with van der Waals surface area (Å²) in [6.45, 7) is 1.95. The molecule has 0 aromatic heterocycles. The molecule has 2 aromatic rings. The van der Waals surface area contributed by atoms with Gasteiger partial charge in [0, 0.05) is 22.6 Å². The number of carbonyl (C=O) groups excluding carboxylic acids is 1. The fourth-order valence-electron chi connectivity index (χ4n) is 3.21. The Bertz CT molecular complexity index is 978. The van der Waals surface area contributed by atoms with Gasteiger partial charge in [-0.1, -0.05) is 35.3 Å². The first kappa shape index (κ1) is 21.0. The summed E-state index contributed by atoms with van der Waals surface area (Å²) in [5, 5.41) is 1.19. The third-order valence-electron chi connectivity index (χ3n) is 4.70. The van der Waals surface area contributed by atoms with E-state index in [1.54, 1.807) is 41.3 Å². The molecule has 1 amide bonds. The largest absolute Gasteiger partial charge is 0.484 e. The van der Waals surface area contributed by atoms with Crippen molar-refractivity contribution in [1.29, 1.82) is 0 Å². The summed E-state index contributed by atoms with van der Waals surface area (Å²) in [6, 6.07) is 12.0. The van der Waals surface area contributed by atoms with Crippen LogP contribution in [0.25, 0.3) is 0 Å². The highest BCUT2D eigenvalue weighted by Crippen LogP contribution is 2.23. The van der Waals surface area contributed by atoms with Crippen LogP contribution in [0.4, 0.5) is 0 Å². The van der Waals surface area contributed by atoms with E-state index in [9.17, 15) is 13.2 Å². The van der Waals surface area contributed by atoms with Crippen LogP contribution in [0.3, 0.4) is 0 Å². The van der Waals surface area contributed by atoms with Gasteiger partial charge >= 0.3 is 0 Å². The van der Waals surface area contributed by atoms with Crippen molar-refractivity contribution in [2.24, 2.45) is 0 Å². The van der Waals surface area contributed by atoms with Gasteiger partial charge in [0.2, 0.25) is 0 Å². The highest BCUT2D eigenvalue weighted by molar-refractivity contribution is 7.91. The quantitative estimate of drug-likeness (QED) is 0.681. The molecule has 150 valence electrons. The average molecular weight is 442 g/mol. The second-order valence-corrected chi connectivity index (χ2v) is 9.98. The fraction of sp³-hybridized carbons (Fsp3) is 0.350. The zero-order chi connectivity index (χ0) is 20.3. The third kappa shape index (κ3) is 5.40. The average Bonchev–Trinajstić information content (AvgIpc) is 3.00. The summed E-state index contributed by atoms with van der Waals surface area (Å²) < 4.78 is 29.5. The van der Waals surface area contributed by atoms with Crippen LogP contribution in [0, 0.1) is 6.92 Å². The van der Waals surface area contributed by atoms with Gasteiger partial charge in [-0.25, -0.2) is 8.42 Å². The van der Waals surface area contributed by atoms with E-state index in [4.69, 9.17) is 27.9 Å². The number of hydrogen-bond donors (Lipinski definition) is 0. The van der Waals surface area contributed by atoms with E-state index in [1.807, 2.05) is 13.0 Å². The lowest BCUT2D eigenvalue weighted by molar-refractivity contribution is -0.136. The molecule has 0 unspecified atom stereocenters. The monoisotopic (exact) mass is 441 g/mol. The molecular weight excluding hydrogens is 421 g/mol. The Morgan fingerprint density at radius 2 is 2.00 bits per heavy atom. The highest BCUT2D eigenvalue weighted by atomic mass is 35.5. The maximum Gasteiger partial charge on any atom is 0.261 e. The molecule has 1 atom stereocenters. The van der Waals surface area contributed by atoms with Gasteiger partial charge in [-0.15, -0.1) is 0 Å². The SMILES string of the molecule is Cc1cc(OCC(=O)N(Cc2cccc(Cl)c2)[C@H]2CCS(=O)(=O)C2)ccc1Cl. The van der Waals surface area contributed by atoms with Crippen molar-refractivity contribution in [2.75, 3.05) is 18.1 Å². The number of amides is 1. The Balaban J connectivity index is 1.75. The Hall–Kier alpha value is -1.76. The van der Waals surface area contributed by atoms with Gasteiger partial charge in [0.15, 0.2) is 16.4 Å². The van der Waals surface area contributed by atoms with Crippen LogP contribution >= 0.6 is 23.2 Å².